The fraction of sp³-hybridized carbons (Fsp3) is 0. The molecule has 1 nitrogen and oxygen atoms in total. The summed E-state index contributed by atoms with van der Waals surface area (Å²) in [6.45, 7) is 0. The van der Waals surface area contributed by atoms with Crippen LogP contribution in [-0.4, -0.2) is 0 Å². The molecule has 0 bridgehead atoms. The molecule has 348 valence electrons. The van der Waals surface area contributed by atoms with Crippen LogP contribution in [0.15, 0.2) is 283 Å². The predicted molar refractivity (Wildman–Crippen MR) is 319 cm³/mol. The lowest BCUT2D eigenvalue weighted by atomic mass is 9.84. The number of hydrogen-bond acceptors (Lipinski definition) is 1. The molecule has 0 aliphatic rings. The topological polar surface area (TPSA) is 13.1 Å². The molecule has 0 fully saturated rings. The van der Waals surface area contributed by atoms with Crippen LogP contribution in [0.3, 0.4) is 0 Å². The second kappa shape index (κ2) is 17.4. The Kier molecular flexibility index (Phi) is 9.96. The van der Waals surface area contributed by atoms with Gasteiger partial charge in [0.25, 0.3) is 0 Å². The van der Waals surface area contributed by atoms with E-state index in [-0.39, 0.29) is 0 Å². The minimum Gasteiger partial charge on any atom is -0.455 e. The lowest BCUT2D eigenvalue weighted by Crippen LogP contribution is -1.92. The first kappa shape index (κ1) is 42.8. The molecule has 1 heterocycles. The van der Waals surface area contributed by atoms with Crippen molar-refractivity contribution in [2.24, 2.45) is 0 Å². The van der Waals surface area contributed by atoms with Gasteiger partial charge in [-0.1, -0.05) is 255 Å². The molecule has 0 saturated carbocycles. The maximum Gasteiger partial charge on any atom is 0.143 e. The van der Waals surface area contributed by atoms with Crippen LogP contribution in [0.1, 0.15) is 0 Å². The summed E-state index contributed by atoms with van der Waals surface area (Å²) in [6, 6.07) is 102. The molecule has 0 spiro atoms. The molecule has 14 aromatic carbocycles. The largest absolute Gasteiger partial charge is 0.455 e. The summed E-state index contributed by atoms with van der Waals surface area (Å²) in [7, 11) is 0. The molecule has 0 atom stereocenters. The zero-order valence-corrected chi connectivity index (χ0v) is 41.0. The Hall–Kier alpha value is -9.82. The highest BCUT2D eigenvalue weighted by Gasteiger charge is 2.23. The number of furan rings is 1. The van der Waals surface area contributed by atoms with Gasteiger partial charge in [0.05, 0.1) is 0 Å². The third-order valence-corrected chi connectivity index (χ3v) is 15.6. The summed E-state index contributed by atoms with van der Waals surface area (Å²) in [5, 5.41) is 15.9. The maximum atomic E-state index is 6.73. The minimum atomic E-state index is 0.874. The molecule has 15 aromatic rings. The number of hydrogen-bond donors (Lipinski definition) is 0. The van der Waals surface area contributed by atoms with Gasteiger partial charge in [0, 0.05) is 16.5 Å². The van der Waals surface area contributed by atoms with Gasteiger partial charge < -0.3 is 4.42 Å². The van der Waals surface area contributed by atoms with Gasteiger partial charge in [-0.15, -0.1) is 0 Å². The van der Waals surface area contributed by atoms with Gasteiger partial charge in [0.1, 0.15) is 11.3 Å². The van der Waals surface area contributed by atoms with Crippen molar-refractivity contribution in [3.63, 3.8) is 0 Å². The van der Waals surface area contributed by atoms with E-state index in [2.05, 4.69) is 279 Å². The van der Waals surface area contributed by atoms with Crippen molar-refractivity contribution < 1.29 is 4.42 Å². The summed E-state index contributed by atoms with van der Waals surface area (Å²) >= 11 is 0. The van der Waals surface area contributed by atoms with Crippen molar-refractivity contribution in [1.82, 2.24) is 0 Å². The highest BCUT2D eigenvalue weighted by molar-refractivity contribution is 6.25. The van der Waals surface area contributed by atoms with Crippen LogP contribution in [0.25, 0.3) is 154 Å². The Labute approximate surface area is 434 Å². The molecule has 0 unspecified atom stereocenters. The average Bonchev–Trinajstić information content (AvgIpc) is 3.89. The zero-order chi connectivity index (χ0) is 49.4. The Morgan fingerprint density at radius 1 is 0.187 bits per heavy atom. The molecule has 75 heavy (non-hydrogen) atoms. The quantitative estimate of drug-likeness (QED) is 0.145. The normalized spacial score (nSPS) is 11.7. The van der Waals surface area contributed by atoms with E-state index < -0.39 is 0 Å². The molecule has 0 N–H and O–H groups in total. The van der Waals surface area contributed by atoms with Crippen molar-refractivity contribution in [3.8, 4) is 78.1 Å². The maximum absolute atomic E-state index is 6.73. The van der Waals surface area contributed by atoms with Crippen LogP contribution < -0.4 is 0 Å². The van der Waals surface area contributed by atoms with E-state index in [1.165, 1.54) is 115 Å². The van der Waals surface area contributed by atoms with Gasteiger partial charge in [-0.25, -0.2) is 0 Å². The predicted octanol–water partition coefficient (Wildman–Crippen LogP) is 21.0. The Balaban J connectivity index is 0.854. The number of rotatable bonds is 7. The van der Waals surface area contributed by atoms with Crippen molar-refractivity contribution in [2.75, 3.05) is 0 Å². The van der Waals surface area contributed by atoms with Crippen molar-refractivity contribution in [1.29, 1.82) is 0 Å². The number of benzene rings is 14. The van der Waals surface area contributed by atoms with E-state index in [1.807, 2.05) is 0 Å². The Bertz CT molecular complexity index is 4620. The lowest BCUT2D eigenvalue weighted by molar-refractivity contribution is 0.632. The lowest BCUT2D eigenvalue weighted by Gasteiger charge is -2.19. The van der Waals surface area contributed by atoms with Gasteiger partial charge in [-0.3, -0.25) is 0 Å². The third kappa shape index (κ3) is 6.93. The molecule has 0 radical (unpaired) electrons. The van der Waals surface area contributed by atoms with Gasteiger partial charge in [-0.2, -0.15) is 0 Å². The molecule has 0 aliphatic carbocycles. The van der Waals surface area contributed by atoms with Crippen LogP contribution in [0.4, 0.5) is 0 Å². The van der Waals surface area contributed by atoms with E-state index in [0.29, 0.717) is 0 Å². The standard InChI is InChI=1S/C74H46O/c1-4-20-47(21-5-1)69-63-30-14-16-32-65(63)73(66-33-17-15-31-64(66)69)58-37-19-35-56-55(34-18-36-57(56)58)52-40-38-51-45-53(41-39-50(51)44-52)70-59-26-10-12-28-61(59)71(62-29-13-11-27-60(62)70)54-42-43-68-67(46-54)72(48-22-6-2-7-23-48)74(75-68)49-24-8-3-9-25-49/h1-46H. The first-order valence-corrected chi connectivity index (χ1v) is 25.9. The fourth-order valence-electron chi connectivity index (χ4n) is 12.4. The molecular formula is C74H46O. The molecular weight excluding hydrogens is 905 g/mol. The average molecular weight is 951 g/mol. The minimum absolute atomic E-state index is 0.874. The number of fused-ring (bicyclic) bond motifs is 7. The Morgan fingerprint density at radius 2 is 0.547 bits per heavy atom. The first-order valence-electron chi connectivity index (χ1n) is 25.9. The van der Waals surface area contributed by atoms with Crippen LogP contribution >= 0.6 is 0 Å². The van der Waals surface area contributed by atoms with E-state index in [4.69, 9.17) is 4.42 Å². The monoisotopic (exact) mass is 950 g/mol. The van der Waals surface area contributed by atoms with E-state index in [0.717, 1.165) is 39.0 Å². The summed E-state index contributed by atoms with van der Waals surface area (Å²) in [5.74, 6) is 0.886. The highest BCUT2D eigenvalue weighted by Crippen LogP contribution is 2.49. The Morgan fingerprint density at radius 3 is 1.07 bits per heavy atom. The van der Waals surface area contributed by atoms with Crippen LogP contribution in [0, 0.1) is 0 Å². The zero-order valence-electron chi connectivity index (χ0n) is 41.0. The summed E-state index contributed by atoms with van der Waals surface area (Å²) < 4.78 is 6.73. The fourth-order valence-corrected chi connectivity index (χ4v) is 12.4. The molecule has 0 amide bonds. The molecule has 0 aliphatic heterocycles. The second-order valence-electron chi connectivity index (χ2n) is 19.8. The van der Waals surface area contributed by atoms with Crippen LogP contribution in [0.5, 0.6) is 0 Å². The van der Waals surface area contributed by atoms with E-state index in [9.17, 15) is 0 Å². The molecule has 1 aromatic heterocycles. The highest BCUT2D eigenvalue weighted by atomic mass is 16.3. The molecule has 0 saturated heterocycles. The van der Waals surface area contributed by atoms with Gasteiger partial charge >= 0.3 is 0 Å². The third-order valence-electron chi connectivity index (χ3n) is 15.6. The summed E-state index contributed by atoms with van der Waals surface area (Å²) in [6.07, 6.45) is 0. The van der Waals surface area contributed by atoms with Crippen molar-refractivity contribution >= 4 is 75.6 Å². The smallest absolute Gasteiger partial charge is 0.143 e. The van der Waals surface area contributed by atoms with Gasteiger partial charge in [0.2, 0.25) is 0 Å². The van der Waals surface area contributed by atoms with Crippen LogP contribution in [0.2, 0.25) is 0 Å². The van der Waals surface area contributed by atoms with E-state index in [1.54, 1.807) is 0 Å². The summed E-state index contributed by atoms with van der Waals surface area (Å²) in [5.41, 5.74) is 16.5. The molecule has 1 heteroatoms. The SMILES string of the molecule is c1ccc(-c2oc3ccc(-c4c5ccccc5c(-c5ccc6cc(-c7cccc8c(-c9c%10ccccc%10c(-c%10ccccc%10)c%10ccccc9%10)cccc78)ccc6c5)c5ccccc45)cc3c2-c2ccccc2)cc1. The second-order valence-corrected chi connectivity index (χ2v) is 19.8. The van der Waals surface area contributed by atoms with Gasteiger partial charge in [-0.05, 0) is 150 Å². The summed E-state index contributed by atoms with van der Waals surface area (Å²) in [4.78, 5) is 0. The van der Waals surface area contributed by atoms with E-state index >= 15 is 0 Å². The van der Waals surface area contributed by atoms with Crippen molar-refractivity contribution in [2.45, 2.75) is 0 Å². The van der Waals surface area contributed by atoms with Gasteiger partial charge in [0.15, 0.2) is 0 Å². The first-order chi connectivity index (χ1) is 37.2. The van der Waals surface area contributed by atoms with Crippen LogP contribution in [-0.2, 0) is 0 Å². The van der Waals surface area contributed by atoms with Crippen molar-refractivity contribution in [3.05, 3.63) is 279 Å². The molecule has 15 rings (SSSR count).